The molecule has 0 aliphatic heterocycles. The predicted molar refractivity (Wildman–Crippen MR) is 86.9 cm³/mol. The van der Waals surface area contributed by atoms with E-state index in [1.807, 2.05) is 6.26 Å². The Hall–Kier alpha value is -2.09. The molecule has 7 nitrogen and oxygen atoms in total. The average molecular weight is 325 g/mol. The Bertz CT molecular complexity index is 507. The highest BCUT2D eigenvalue weighted by Gasteiger charge is 2.20. The maximum absolute atomic E-state index is 11.9. The van der Waals surface area contributed by atoms with E-state index in [4.69, 9.17) is 0 Å². The summed E-state index contributed by atoms with van der Waals surface area (Å²) in [5.41, 5.74) is 1.31. The van der Waals surface area contributed by atoms with Crippen molar-refractivity contribution in [2.24, 2.45) is 5.18 Å². The van der Waals surface area contributed by atoms with Crippen molar-refractivity contribution in [1.82, 2.24) is 5.32 Å². The summed E-state index contributed by atoms with van der Waals surface area (Å²) in [5.74, 6) is 0.254. The van der Waals surface area contributed by atoms with Crippen molar-refractivity contribution < 1.29 is 14.3 Å². The predicted octanol–water partition coefficient (Wildman–Crippen LogP) is 2.37. The first-order valence-electron chi connectivity index (χ1n) is 6.63. The normalized spacial score (nSPS) is 11.4. The van der Waals surface area contributed by atoms with Crippen LogP contribution in [-0.4, -0.2) is 37.2 Å². The molecule has 2 amide bonds. The third kappa shape index (κ3) is 6.13. The number of urea groups is 1. The van der Waals surface area contributed by atoms with Gasteiger partial charge in [0.2, 0.25) is 0 Å². The molecule has 0 saturated carbocycles. The van der Waals surface area contributed by atoms with Gasteiger partial charge in [0.25, 0.3) is 0 Å². The van der Waals surface area contributed by atoms with E-state index in [2.05, 4.69) is 20.5 Å². The van der Waals surface area contributed by atoms with Gasteiger partial charge in [0, 0.05) is 5.69 Å². The second kappa shape index (κ2) is 9.78. The van der Waals surface area contributed by atoms with Crippen molar-refractivity contribution in [1.29, 1.82) is 0 Å². The first-order valence-corrected chi connectivity index (χ1v) is 8.02. The number of anilines is 1. The highest BCUT2D eigenvalue weighted by molar-refractivity contribution is 7.98. The number of thioether (sulfide) groups is 1. The van der Waals surface area contributed by atoms with Crippen molar-refractivity contribution in [3.8, 4) is 0 Å². The largest absolute Gasteiger partial charge is 0.467 e. The summed E-state index contributed by atoms with van der Waals surface area (Å²) < 4.78 is 4.67. The Morgan fingerprint density at radius 1 is 1.32 bits per heavy atom. The minimum Gasteiger partial charge on any atom is -0.467 e. The van der Waals surface area contributed by atoms with Crippen molar-refractivity contribution in [2.45, 2.75) is 19.0 Å². The highest BCUT2D eigenvalue weighted by Crippen LogP contribution is 2.10. The molecule has 0 radical (unpaired) electrons. The molecule has 1 unspecified atom stereocenters. The molecule has 0 fully saturated rings. The number of ether oxygens (including phenoxy) is 1. The van der Waals surface area contributed by atoms with E-state index < -0.39 is 18.0 Å². The van der Waals surface area contributed by atoms with E-state index in [0.29, 0.717) is 12.1 Å². The fraction of sp³-hybridized carbons (Fsp3) is 0.429. The van der Waals surface area contributed by atoms with Crippen molar-refractivity contribution in [3.63, 3.8) is 0 Å². The van der Waals surface area contributed by atoms with Crippen LogP contribution in [0.25, 0.3) is 0 Å². The molecule has 2 N–H and O–H groups in total. The maximum atomic E-state index is 11.9. The lowest BCUT2D eigenvalue weighted by Crippen LogP contribution is -2.44. The smallest absolute Gasteiger partial charge is 0.328 e. The molecular weight excluding hydrogens is 306 g/mol. The second-order valence-electron chi connectivity index (χ2n) is 4.44. The van der Waals surface area contributed by atoms with E-state index >= 15 is 0 Å². The van der Waals surface area contributed by atoms with Crippen LogP contribution in [0.3, 0.4) is 0 Å². The number of benzene rings is 1. The summed E-state index contributed by atoms with van der Waals surface area (Å²) in [4.78, 5) is 33.7. The Labute approximate surface area is 133 Å². The summed E-state index contributed by atoms with van der Waals surface area (Å²) in [5, 5.41) is 8.00. The number of nitrogens with one attached hydrogen (secondary N) is 2. The number of carbonyl (C=O) groups is 2. The third-order valence-electron chi connectivity index (χ3n) is 2.86. The molecule has 1 rings (SSSR count). The number of carbonyl (C=O) groups excluding carboxylic acids is 2. The van der Waals surface area contributed by atoms with Gasteiger partial charge in [-0.05, 0) is 36.1 Å². The number of amides is 2. The van der Waals surface area contributed by atoms with Gasteiger partial charge in [0.1, 0.15) is 12.6 Å². The molecule has 120 valence electrons. The Morgan fingerprint density at radius 3 is 2.55 bits per heavy atom. The molecule has 0 saturated heterocycles. The topological polar surface area (TPSA) is 96.9 Å². The lowest BCUT2D eigenvalue weighted by atomic mass is 10.2. The quantitative estimate of drug-likeness (QED) is 0.565. The molecule has 1 atom stereocenters. The molecular formula is C14H19N3O4S. The lowest BCUT2D eigenvalue weighted by Gasteiger charge is -2.16. The number of esters is 1. The molecule has 0 aliphatic carbocycles. The lowest BCUT2D eigenvalue weighted by molar-refractivity contribution is -0.142. The fourth-order valence-electron chi connectivity index (χ4n) is 1.72. The van der Waals surface area contributed by atoms with Crippen LogP contribution in [0.2, 0.25) is 0 Å². The Balaban J connectivity index is 2.58. The first kappa shape index (κ1) is 18.0. The van der Waals surface area contributed by atoms with Crippen LogP contribution in [0.5, 0.6) is 0 Å². The zero-order chi connectivity index (χ0) is 16.4. The average Bonchev–Trinajstić information content (AvgIpc) is 2.52. The van der Waals surface area contributed by atoms with Crippen LogP contribution in [0.1, 0.15) is 12.0 Å². The fourth-order valence-corrected chi connectivity index (χ4v) is 2.19. The van der Waals surface area contributed by atoms with Crippen LogP contribution in [0, 0.1) is 4.91 Å². The van der Waals surface area contributed by atoms with E-state index in [9.17, 15) is 14.5 Å². The molecule has 1 aromatic carbocycles. The molecule has 8 heteroatoms. The summed E-state index contributed by atoms with van der Waals surface area (Å²) in [6.07, 6.45) is 2.41. The van der Waals surface area contributed by atoms with Crippen LogP contribution in [0.15, 0.2) is 29.4 Å². The van der Waals surface area contributed by atoms with Gasteiger partial charge in [-0.2, -0.15) is 16.7 Å². The van der Waals surface area contributed by atoms with Gasteiger partial charge in [-0.1, -0.05) is 17.3 Å². The minimum absolute atomic E-state index is 0.0889. The van der Waals surface area contributed by atoms with Gasteiger partial charge < -0.3 is 15.4 Å². The molecule has 22 heavy (non-hydrogen) atoms. The highest BCUT2D eigenvalue weighted by atomic mass is 32.2. The van der Waals surface area contributed by atoms with Gasteiger partial charge in [-0.3, -0.25) is 0 Å². The van der Waals surface area contributed by atoms with Crippen LogP contribution >= 0.6 is 11.8 Å². The summed E-state index contributed by atoms with van der Waals surface area (Å²) in [6.45, 7) is 0.0889. The summed E-state index contributed by atoms with van der Waals surface area (Å²) >= 11 is 1.58. The zero-order valence-corrected chi connectivity index (χ0v) is 13.3. The second-order valence-corrected chi connectivity index (χ2v) is 5.43. The minimum atomic E-state index is -0.684. The number of rotatable bonds is 8. The number of nitroso groups, excluding NO2 is 1. The molecule has 0 aromatic heterocycles. The van der Waals surface area contributed by atoms with Crippen molar-refractivity contribution in [3.05, 3.63) is 34.7 Å². The van der Waals surface area contributed by atoms with E-state index in [0.717, 1.165) is 11.3 Å². The summed E-state index contributed by atoms with van der Waals surface area (Å²) in [7, 11) is 1.29. The molecule has 0 heterocycles. The molecule has 0 aliphatic rings. The third-order valence-corrected chi connectivity index (χ3v) is 3.50. The molecule has 0 bridgehead atoms. The number of hydrogen-bond donors (Lipinski definition) is 2. The maximum Gasteiger partial charge on any atom is 0.328 e. The molecule has 0 spiro atoms. The number of hydrogen-bond acceptors (Lipinski definition) is 6. The Morgan fingerprint density at radius 2 is 2.00 bits per heavy atom. The van der Waals surface area contributed by atoms with Crippen LogP contribution < -0.4 is 10.6 Å². The van der Waals surface area contributed by atoms with Gasteiger partial charge >= 0.3 is 12.0 Å². The van der Waals surface area contributed by atoms with E-state index in [-0.39, 0.29) is 6.54 Å². The monoisotopic (exact) mass is 325 g/mol. The van der Waals surface area contributed by atoms with Crippen molar-refractivity contribution >= 4 is 29.4 Å². The number of methoxy groups -OCH3 is 1. The van der Waals surface area contributed by atoms with Crippen LogP contribution in [0.4, 0.5) is 10.5 Å². The SMILES string of the molecule is COC(=O)C(CCSC)NC(=O)Nc1ccc(CN=O)cc1. The first-order chi connectivity index (χ1) is 10.6. The Kier molecular flexibility index (Phi) is 7.98. The van der Waals surface area contributed by atoms with E-state index in [1.54, 1.807) is 36.0 Å². The standard InChI is InChI=1S/C14H19N3O4S/c1-21-13(18)12(7-8-22-2)17-14(19)16-11-5-3-10(4-6-11)9-15-20/h3-6,12H,7-9H2,1-2H3,(H2,16,17,19). The van der Waals surface area contributed by atoms with E-state index in [1.165, 1.54) is 7.11 Å². The van der Waals surface area contributed by atoms with Gasteiger partial charge in [0.05, 0.1) is 7.11 Å². The van der Waals surface area contributed by atoms with Gasteiger partial charge in [-0.15, -0.1) is 0 Å². The van der Waals surface area contributed by atoms with Gasteiger partial charge in [-0.25, -0.2) is 9.59 Å². The zero-order valence-electron chi connectivity index (χ0n) is 12.5. The number of nitrogens with zero attached hydrogens (tertiary/aromatic N) is 1. The van der Waals surface area contributed by atoms with Crippen molar-refractivity contribution in [2.75, 3.05) is 24.4 Å². The summed E-state index contributed by atoms with van der Waals surface area (Å²) in [6, 6.07) is 5.55. The van der Waals surface area contributed by atoms with Crippen LogP contribution in [-0.2, 0) is 16.1 Å². The molecule has 1 aromatic rings. The van der Waals surface area contributed by atoms with Gasteiger partial charge in [0.15, 0.2) is 0 Å².